The van der Waals surface area contributed by atoms with Gasteiger partial charge in [-0.15, -0.1) is 0 Å². The highest BCUT2D eigenvalue weighted by Gasteiger charge is 2.55. The van der Waals surface area contributed by atoms with Gasteiger partial charge in [-0.25, -0.2) is 9.18 Å². The van der Waals surface area contributed by atoms with E-state index in [-0.39, 0.29) is 24.2 Å². The van der Waals surface area contributed by atoms with Gasteiger partial charge in [0.05, 0.1) is 17.6 Å². The van der Waals surface area contributed by atoms with Crippen LogP contribution in [0.25, 0.3) is 0 Å². The van der Waals surface area contributed by atoms with E-state index in [2.05, 4.69) is 24.3 Å². The Morgan fingerprint density at radius 3 is 1.64 bits per heavy atom. The van der Waals surface area contributed by atoms with E-state index < -0.39 is 29.9 Å². The van der Waals surface area contributed by atoms with Crippen molar-refractivity contribution < 1.29 is 18.7 Å². The van der Waals surface area contributed by atoms with Crippen LogP contribution in [-0.2, 0) is 35.4 Å². The lowest BCUT2D eigenvalue weighted by atomic mass is 9.91. The summed E-state index contributed by atoms with van der Waals surface area (Å²) in [4.78, 5) is 18.7. The molecule has 0 N–H and O–H groups in total. The molecule has 2 aliphatic rings. The molecule has 44 heavy (non-hydrogen) atoms. The first-order valence-corrected chi connectivity index (χ1v) is 15.0. The van der Waals surface area contributed by atoms with Crippen LogP contribution in [0.2, 0.25) is 0 Å². The molecule has 7 heteroatoms. The van der Waals surface area contributed by atoms with Gasteiger partial charge in [-0.2, -0.15) is 5.26 Å². The highest BCUT2D eigenvalue weighted by molar-refractivity contribution is 5.76. The molecule has 0 bridgehead atoms. The summed E-state index contributed by atoms with van der Waals surface area (Å²) < 4.78 is 27.8. The normalized spacial score (nSPS) is 22.7. The van der Waals surface area contributed by atoms with Crippen LogP contribution in [-0.4, -0.2) is 45.9 Å². The molecular formula is C37H36FN3O3. The van der Waals surface area contributed by atoms with Gasteiger partial charge in [0, 0.05) is 13.1 Å². The zero-order chi connectivity index (χ0) is 30.7. The molecule has 6 rings (SSSR count). The second kappa shape index (κ2) is 12.6. The molecule has 0 aromatic heterocycles. The minimum absolute atomic E-state index is 0.0491. The third-order valence-electron chi connectivity index (χ3n) is 8.49. The lowest BCUT2D eigenvalue weighted by Gasteiger charge is -2.37. The van der Waals surface area contributed by atoms with Crippen molar-refractivity contribution in [1.29, 1.82) is 5.26 Å². The number of carbonyl (C=O) groups is 1. The van der Waals surface area contributed by atoms with E-state index in [0.717, 1.165) is 16.7 Å². The van der Waals surface area contributed by atoms with Gasteiger partial charge in [0.25, 0.3) is 0 Å². The second-order valence-electron chi connectivity index (χ2n) is 12.0. The Morgan fingerprint density at radius 2 is 1.16 bits per heavy atom. The molecule has 0 aliphatic carbocycles. The largest absolute Gasteiger partial charge is 0.342 e. The summed E-state index contributed by atoms with van der Waals surface area (Å²) >= 11 is 0. The number of benzene rings is 4. The van der Waals surface area contributed by atoms with E-state index in [9.17, 15) is 14.4 Å². The molecule has 2 fully saturated rings. The van der Waals surface area contributed by atoms with Gasteiger partial charge in [-0.05, 0) is 61.1 Å². The zero-order valence-corrected chi connectivity index (χ0v) is 25.0. The second-order valence-corrected chi connectivity index (χ2v) is 12.0. The third-order valence-corrected chi connectivity index (χ3v) is 8.49. The Balaban J connectivity index is 1.49. The Bertz CT molecular complexity index is 1620. The molecule has 2 amide bonds. The highest BCUT2D eigenvalue weighted by Crippen LogP contribution is 2.40. The monoisotopic (exact) mass is 589 g/mol. The third kappa shape index (κ3) is 6.37. The Kier molecular flexibility index (Phi) is 8.47. The average Bonchev–Trinajstić information content (AvgIpc) is 3.34. The summed E-state index contributed by atoms with van der Waals surface area (Å²) in [7, 11) is 0. The van der Waals surface area contributed by atoms with E-state index in [1.54, 1.807) is 6.07 Å². The van der Waals surface area contributed by atoms with Crippen LogP contribution >= 0.6 is 0 Å². The van der Waals surface area contributed by atoms with Crippen molar-refractivity contribution >= 4 is 6.03 Å². The molecule has 6 nitrogen and oxygen atoms in total. The van der Waals surface area contributed by atoms with Crippen molar-refractivity contribution in [3.8, 4) is 6.07 Å². The topological polar surface area (TPSA) is 65.8 Å². The fourth-order valence-electron chi connectivity index (χ4n) is 6.48. The SMILES string of the molecule is CC1(C)OC2C(O1)[C@@H](Cc1ccccc1)N(Cc1ccc(F)c(C#N)c1)C(=O)N(Cc1ccccc1)[C@@H]2Cc1ccccc1. The van der Waals surface area contributed by atoms with Crippen LogP contribution in [0.3, 0.4) is 0 Å². The van der Waals surface area contributed by atoms with Crippen molar-refractivity contribution in [3.63, 3.8) is 0 Å². The first-order chi connectivity index (χ1) is 21.3. The average molecular weight is 590 g/mol. The maximum absolute atomic E-state index is 15.0. The Hall–Kier alpha value is -4.51. The summed E-state index contributed by atoms with van der Waals surface area (Å²) in [5, 5.41) is 9.54. The van der Waals surface area contributed by atoms with E-state index >= 15 is 0 Å². The summed E-state index contributed by atoms with van der Waals surface area (Å²) in [6.07, 6.45) is 0.261. The number of nitrogens with zero attached hydrogens (tertiary/aromatic N) is 3. The molecule has 0 radical (unpaired) electrons. The number of rotatable bonds is 8. The van der Waals surface area contributed by atoms with Crippen molar-refractivity contribution in [2.45, 2.75) is 69.9 Å². The first-order valence-electron chi connectivity index (χ1n) is 15.0. The van der Waals surface area contributed by atoms with Gasteiger partial charge >= 0.3 is 6.03 Å². The van der Waals surface area contributed by atoms with Gasteiger partial charge in [0.1, 0.15) is 24.1 Å². The van der Waals surface area contributed by atoms with Crippen LogP contribution in [0.5, 0.6) is 0 Å². The molecule has 2 saturated heterocycles. The van der Waals surface area contributed by atoms with Crippen LogP contribution in [0, 0.1) is 17.1 Å². The van der Waals surface area contributed by atoms with Gasteiger partial charge in [0.2, 0.25) is 0 Å². The number of amides is 2. The molecule has 224 valence electrons. The summed E-state index contributed by atoms with van der Waals surface area (Å²) in [5.41, 5.74) is 3.79. The summed E-state index contributed by atoms with van der Waals surface area (Å²) in [6, 6.07) is 35.7. The molecule has 4 aromatic rings. The number of hydrogen-bond acceptors (Lipinski definition) is 4. The van der Waals surface area contributed by atoms with Crippen LogP contribution in [0.1, 0.15) is 41.7 Å². The highest BCUT2D eigenvalue weighted by atomic mass is 19.1. The molecule has 2 unspecified atom stereocenters. The van der Waals surface area contributed by atoms with E-state index in [1.807, 2.05) is 96.4 Å². The first kappa shape index (κ1) is 29.6. The van der Waals surface area contributed by atoms with E-state index in [0.29, 0.717) is 24.9 Å². The van der Waals surface area contributed by atoms with E-state index in [4.69, 9.17) is 9.47 Å². The molecular weight excluding hydrogens is 553 g/mol. The van der Waals surface area contributed by atoms with Crippen LogP contribution in [0.15, 0.2) is 109 Å². The maximum Gasteiger partial charge on any atom is 0.321 e. The number of hydrogen-bond donors (Lipinski definition) is 0. The van der Waals surface area contributed by atoms with Gasteiger partial charge in [0.15, 0.2) is 5.79 Å². The fraction of sp³-hybridized carbons (Fsp3) is 0.297. The molecule has 2 heterocycles. The number of carbonyl (C=O) groups excluding carboxylic acids is 1. The standard InChI is InChI=1S/C37H36FN3O3/c1-37(2)43-34-32(21-26-12-6-3-7-13-26)40(24-28-16-10-5-11-17-28)36(42)41(25-29-18-19-31(38)30(20-29)23-39)33(35(34)44-37)22-27-14-8-4-9-15-27/h3-20,32-35H,21-22,24-25H2,1-2H3/t32-,33-,34?,35?/m1/s1. The molecule has 0 saturated carbocycles. The fourth-order valence-corrected chi connectivity index (χ4v) is 6.48. The Morgan fingerprint density at radius 1 is 0.705 bits per heavy atom. The summed E-state index contributed by atoms with van der Waals surface area (Å²) in [6.45, 7) is 4.41. The van der Waals surface area contributed by atoms with Crippen LogP contribution < -0.4 is 0 Å². The van der Waals surface area contributed by atoms with Crippen molar-refractivity contribution in [3.05, 3.63) is 143 Å². The van der Waals surface area contributed by atoms with Gasteiger partial charge in [-0.1, -0.05) is 97.1 Å². The number of fused-ring (bicyclic) bond motifs is 1. The summed E-state index contributed by atoms with van der Waals surface area (Å²) in [5.74, 6) is -1.45. The minimum Gasteiger partial charge on any atom is -0.342 e. The lowest BCUT2D eigenvalue weighted by molar-refractivity contribution is -0.157. The predicted octanol–water partition coefficient (Wildman–Crippen LogP) is 6.88. The number of nitriles is 1. The van der Waals surface area contributed by atoms with E-state index in [1.165, 1.54) is 12.1 Å². The Labute approximate surface area is 258 Å². The van der Waals surface area contributed by atoms with Crippen molar-refractivity contribution in [2.75, 3.05) is 0 Å². The molecule has 2 aliphatic heterocycles. The minimum atomic E-state index is -0.868. The lowest BCUT2D eigenvalue weighted by Crippen LogP contribution is -2.51. The number of ether oxygens (including phenoxy) is 2. The van der Waals surface area contributed by atoms with Gasteiger partial charge < -0.3 is 19.3 Å². The zero-order valence-electron chi connectivity index (χ0n) is 25.0. The maximum atomic E-state index is 15.0. The van der Waals surface area contributed by atoms with Crippen molar-refractivity contribution in [2.24, 2.45) is 0 Å². The quantitative estimate of drug-likeness (QED) is 0.225. The van der Waals surface area contributed by atoms with Crippen molar-refractivity contribution in [1.82, 2.24) is 9.80 Å². The molecule has 0 spiro atoms. The molecule has 4 aromatic carbocycles. The number of halogens is 1. The molecule has 4 atom stereocenters. The van der Waals surface area contributed by atoms with Gasteiger partial charge in [-0.3, -0.25) is 0 Å². The number of urea groups is 1. The van der Waals surface area contributed by atoms with Crippen LogP contribution in [0.4, 0.5) is 9.18 Å². The predicted molar refractivity (Wildman–Crippen MR) is 166 cm³/mol. The smallest absolute Gasteiger partial charge is 0.321 e.